The molecule has 0 aliphatic heterocycles. The molecule has 0 bridgehead atoms. The molecule has 0 fully saturated rings. The van der Waals surface area contributed by atoms with Crippen molar-refractivity contribution in [3.8, 4) is 0 Å². The van der Waals surface area contributed by atoms with Crippen LogP contribution in [0.5, 0.6) is 0 Å². The Labute approximate surface area is 413 Å². The van der Waals surface area contributed by atoms with Gasteiger partial charge in [-0.25, -0.2) is 0 Å². The Kier molecular flexibility index (Phi) is 51.9. The third-order valence-electron chi connectivity index (χ3n) is 11.6. The highest BCUT2D eigenvalue weighted by atomic mass is 16.6. The molecule has 0 saturated carbocycles. The number of hydrogen-bond acceptors (Lipinski definition) is 6. The van der Waals surface area contributed by atoms with Crippen molar-refractivity contribution >= 4 is 17.9 Å². The summed E-state index contributed by atoms with van der Waals surface area (Å²) in [6.07, 6.45) is 72.5. The van der Waals surface area contributed by atoms with Crippen LogP contribution >= 0.6 is 0 Å². The Morgan fingerprint density at radius 2 is 0.582 bits per heavy atom. The molecule has 0 rings (SSSR count). The first-order valence-electron chi connectivity index (χ1n) is 27.7. The Bertz CT molecular complexity index is 1350. The lowest BCUT2D eigenvalue weighted by Gasteiger charge is -2.18. The van der Waals surface area contributed by atoms with Gasteiger partial charge in [-0.1, -0.05) is 227 Å². The molecular formula is C61H102O6. The summed E-state index contributed by atoms with van der Waals surface area (Å²) < 4.78 is 16.8. The van der Waals surface area contributed by atoms with E-state index in [0.29, 0.717) is 19.3 Å². The average Bonchev–Trinajstić information content (AvgIpc) is 3.33. The van der Waals surface area contributed by atoms with Gasteiger partial charge in [0.2, 0.25) is 0 Å². The first-order chi connectivity index (χ1) is 33.0. The molecule has 0 spiro atoms. The van der Waals surface area contributed by atoms with Gasteiger partial charge in [-0.3, -0.25) is 14.4 Å². The lowest BCUT2D eigenvalue weighted by molar-refractivity contribution is -0.167. The second-order valence-corrected chi connectivity index (χ2v) is 18.1. The van der Waals surface area contributed by atoms with Crippen molar-refractivity contribution in [2.24, 2.45) is 0 Å². The molecule has 0 N–H and O–H groups in total. The smallest absolute Gasteiger partial charge is 0.306 e. The van der Waals surface area contributed by atoms with Gasteiger partial charge in [-0.15, -0.1) is 0 Å². The summed E-state index contributed by atoms with van der Waals surface area (Å²) >= 11 is 0. The minimum Gasteiger partial charge on any atom is -0.462 e. The molecule has 0 aromatic carbocycles. The van der Waals surface area contributed by atoms with Gasteiger partial charge in [-0.2, -0.15) is 0 Å². The van der Waals surface area contributed by atoms with Gasteiger partial charge in [0.1, 0.15) is 13.2 Å². The van der Waals surface area contributed by atoms with Crippen LogP contribution in [0.4, 0.5) is 0 Å². The number of hydrogen-bond donors (Lipinski definition) is 0. The van der Waals surface area contributed by atoms with Gasteiger partial charge in [-0.05, 0) is 103 Å². The fraction of sp³-hybridized carbons (Fsp3) is 0.689. The fourth-order valence-corrected chi connectivity index (χ4v) is 7.42. The predicted molar refractivity (Wildman–Crippen MR) is 288 cm³/mol. The molecule has 0 amide bonds. The second-order valence-electron chi connectivity index (χ2n) is 18.1. The molecule has 382 valence electrons. The molecule has 0 heterocycles. The summed E-state index contributed by atoms with van der Waals surface area (Å²) in [6.45, 7) is 6.45. The lowest BCUT2D eigenvalue weighted by Crippen LogP contribution is -2.30. The second kappa shape index (κ2) is 54.9. The van der Waals surface area contributed by atoms with E-state index in [1.165, 1.54) is 89.9 Å². The molecule has 0 aliphatic rings. The van der Waals surface area contributed by atoms with Crippen LogP contribution in [0.1, 0.15) is 252 Å². The third-order valence-corrected chi connectivity index (χ3v) is 11.6. The van der Waals surface area contributed by atoms with Crippen LogP contribution in [-0.2, 0) is 28.6 Å². The number of carbonyl (C=O) groups excluding carboxylic acids is 3. The van der Waals surface area contributed by atoms with E-state index in [2.05, 4.69) is 118 Å². The van der Waals surface area contributed by atoms with E-state index >= 15 is 0 Å². The number of allylic oxidation sites excluding steroid dienone is 16. The van der Waals surface area contributed by atoms with Crippen LogP contribution in [-0.4, -0.2) is 37.2 Å². The van der Waals surface area contributed by atoms with E-state index in [9.17, 15) is 14.4 Å². The van der Waals surface area contributed by atoms with Crippen molar-refractivity contribution in [1.29, 1.82) is 0 Å². The highest BCUT2D eigenvalue weighted by molar-refractivity contribution is 5.71. The average molecular weight is 931 g/mol. The maximum Gasteiger partial charge on any atom is 0.306 e. The van der Waals surface area contributed by atoms with Gasteiger partial charge < -0.3 is 14.2 Å². The SMILES string of the molecule is CC/C=C\C/C=C\C/C=C\C/C=C\C/C=C\C/C=C\CCCCC(=O)OCC(COC(=O)CCCCCCCCCCCCCCC)OC(=O)CCCCCCC/C=C\C/C=C\CCCCC. The molecule has 67 heavy (non-hydrogen) atoms. The van der Waals surface area contributed by atoms with Gasteiger partial charge >= 0.3 is 17.9 Å². The van der Waals surface area contributed by atoms with E-state index in [1.807, 2.05) is 0 Å². The van der Waals surface area contributed by atoms with E-state index in [1.54, 1.807) is 0 Å². The molecule has 0 aromatic rings. The summed E-state index contributed by atoms with van der Waals surface area (Å²) in [5.74, 6) is -0.954. The van der Waals surface area contributed by atoms with Crippen LogP contribution in [0.25, 0.3) is 0 Å². The number of esters is 3. The van der Waals surface area contributed by atoms with Crippen molar-refractivity contribution in [3.05, 3.63) is 97.2 Å². The van der Waals surface area contributed by atoms with Crippen molar-refractivity contribution < 1.29 is 28.6 Å². The van der Waals surface area contributed by atoms with Crippen molar-refractivity contribution in [2.75, 3.05) is 13.2 Å². The van der Waals surface area contributed by atoms with E-state index in [-0.39, 0.29) is 31.1 Å². The van der Waals surface area contributed by atoms with Crippen LogP contribution in [0.15, 0.2) is 97.2 Å². The predicted octanol–water partition coefficient (Wildman–Crippen LogP) is 18.5. The number of carbonyl (C=O) groups is 3. The van der Waals surface area contributed by atoms with Gasteiger partial charge in [0.15, 0.2) is 6.10 Å². The van der Waals surface area contributed by atoms with Crippen LogP contribution in [0.3, 0.4) is 0 Å². The molecular weight excluding hydrogens is 829 g/mol. The monoisotopic (exact) mass is 931 g/mol. The normalized spacial score (nSPS) is 12.8. The van der Waals surface area contributed by atoms with Gasteiger partial charge in [0.25, 0.3) is 0 Å². The molecule has 1 atom stereocenters. The maximum absolute atomic E-state index is 12.8. The Hall–Kier alpha value is -3.67. The molecule has 0 radical (unpaired) electrons. The molecule has 1 unspecified atom stereocenters. The van der Waals surface area contributed by atoms with Crippen LogP contribution in [0.2, 0.25) is 0 Å². The highest BCUT2D eigenvalue weighted by Crippen LogP contribution is 2.15. The van der Waals surface area contributed by atoms with Crippen molar-refractivity contribution in [2.45, 2.75) is 258 Å². The minimum atomic E-state index is -0.802. The zero-order valence-electron chi connectivity index (χ0n) is 43.6. The number of rotatable bonds is 49. The maximum atomic E-state index is 12.8. The van der Waals surface area contributed by atoms with Crippen molar-refractivity contribution in [3.63, 3.8) is 0 Å². The summed E-state index contributed by atoms with van der Waals surface area (Å²) in [5.41, 5.74) is 0. The van der Waals surface area contributed by atoms with Gasteiger partial charge in [0, 0.05) is 19.3 Å². The largest absolute Gasteiger partial charge is 0.462 e. The van der Waals surface area contributed by atoms with Gasteiger partial charge in [0.05, 0.1) is 0 Å². The van der Waals surface area contributed by atoms with Crippen LogP contribution < -0.4 is 0 Å². The first-order valence-corrected chi connectivity index (χ1v) is 27.7. The van der Waals surface area contributed by atoms with Crippen molar-refractivity contribution in [1.82, 2.24) is 0 Å². The fourth-order valence-electron chi connectivity index (χ4n) is 7.42. The standard InChI is InChI=1S/C61H102O6/c1-4-7-10-13-16-19-22-25-27-28-29-30-31-32-34-36-39-42-45-48-51-54-60(63)66-57-58(56-65-59(62)53-50-47-44-41-38-35-24-21-18-15-12-9-6-3)67-61(64)55-52-49-46-43-40-37-33-26-23-20-17-14-11-8-5-2/h7,10,16-17,19-20,25-27,29-30,32-34,39,42,58H,4-6,8-9,11-15,18,21-24,28,31,35-38,40-41,43-57H2,1-3H3/b10-7-,19-16-,20-17-,27-25-,30-29-,33-26-,34-32-,42-39-. The molecule has 0 aliphatic carbocycles. The zero-order valence-corrected chi connectivity index (χ0v) is 43.6. The lowest BCUT2D eigenvalue weighted by atomic mass is 10.0. The summed E-state index contributed by atoms with van der Waals surface area (Å²) in [7, 11) is 0. The number of unbranched alkanes of at least 4 members (excludes halogenated alkanes) is 22. The highest BCUT2D eigenvalue weighted by Gasteiger charge is 2.19. The topological polar surface area (TPSA) is 78.9 Å². The summed E-state index contributed by atoms with van der Waals surface area (Å²) in [4.78, 5) is 38.1. The zero-order chi connectivity index (χ0) is 48.6. The summed E-state index contributed by atoms with van der Waals surface area (Å²) in [5, 5.41) is 0. The van der Waals surface area contributed by atoms with E-state index < -0.39 is 6.10 Å². The Balaban J connectivity index is 4.47. The van der Waals surface area contributed by atoms with E-state index in [0.717, 1.165) is 122 Å². The molecule has 6 nitrogen and oxygen atoms in total. The summed E-state index contributed by atoms with van der Waals surface area (Å²) in [6, 6.07) is 0. The van der Waals surface area contributed by atoms with E-state index in [4.69, 9.17) is 14.2 Å². The Morgan fingerprint density at radius 1 is 0.313 bits per heavy atom. The molecule has 0 aromatic heterocycles. The number of ether oxygens (including phenoxy) is 3. The molecule has 6 heteroatoms. The Morgan fingerprint density at radius 3 is 0.970 bits per heavy atom. The van der Waals surface area contributed by atoms with Crippen LogP contribution in [0, 0.1) is 0 Å². The minimum absolute atomic E-state index is 0.0961. The molecule has 0 saturated heterocycles. The first kappa shape index (κ1) is 63.3. The quantitative estimate of drug-likeness (QED) is 0.0262. The third kappa shape index (κ3) is 53.2.